The molecule has 1 atom stereocenters. The van der Waals surface area contributed by atoms with Gasteiger partial charge in [0, 0.05) is 5.30 Å². The van der Waals surface area contributed by atoms with E-state index < -0.39 is 0 Å². The van der Waals surface area contributed by atoms with Gasteiger partial charge in [0.05, 0.1) is 0 Å². The van der Waals surface area contributed by atoms with Crippen molar-refractivity contribution in [3.05, 3.63) is 84.5 Å². The van der Waals surface area contributed by atoms with Crippen molar-refractivity contribution in [2.75, 3.05) is 0 Å². The molecule has 0 saturated heterocycles. The molecular formula is C17H16P2. The van der Waals surface area contributed by atoms with Crippen molar-refractivity contribution in [3.8, 4) is 10.9 Å². The lowest BCUT2D eigenvalue weighted by Crippen LogP contribution is -1.81. The van der Waals surface area contributed by atoms with Gasteiger partial charge in [0.15, 0.2) is 0 Å². The van der Waals surface area contributed by atoms with E-state index in [1.807, 2.05) is 24.0 Å². The molecule has 1 unspecified atom stereocenters. The predicted octanol–water partition coefficient (Wildman–Crippen LogP) is 5.89. The normalized spacial score (nSPS) is 11.6. The van der Waals surface area contributed by atoms with Gasteiger partial charge in [-0.05, 0) is 34.6 Å². The summed E-state index contributed by atoms with van der Waals surface area (Å²) in [5, 5.41) is 1.32. The average molecular weight is 282 g/mol. The fraction of sp³-hybridized carbons (Fsp3) is 0. The van der Waals surface area contributed by atoms with Gasteiger partial charge in [-0.1, -0.05) is 69.1 Å². The first-order valence-electron chi connectivity index (χ1n) is 6.07. The minimum absolute atomic E-state index is 1.03. The molecule has 2 heteroatoms. The summed E-state index contributed by atoms with van der Waals surface area (Å²) in [5.74, 6) is 4.08. The standard InChI is InChI=1S/C17H16P2/c1-14(7-2-4-11-18)15-8-6-9-16(13-15)17-10-3-5-12-19-17/h2-13H,1,18H2/b7-2-,11-4-. The van der Waals surface area contributed by atoms with Gasteiger partial charge in [-0.3, -0.25) is 0 Å². The van der Waals surface area contributed by atoms with Crippen LogP contribution in [0.4, 0.5) is 0 Å². The zero-order valence-corrected chi connectivity index (χ0v) is 12.7. The highest BCUT2D eigenvalue weighted by Crippen LogP contribution is 2.29. The van der Waals surface area contributed by atoms with Crippen molar-refractivity contribution in [3.63, 3.8) is 0 Å². The first-order valence-corrected chi connectivity index (χ1v) is 7.70. The highest BCUT2D eigenvalue weighted by molar-refractivity contribution is 7.33. The van der Waals surface area contributed by atoms with Crippen LogP contribution < -0.4 is 0 Å². The molecule has 2 aromatic rings. The predicted molar refractivity (Wildman–Crippen MR) is 91.4 cm³/mol. The zero-order valence-electron chi connectivity index (χ0n) is 10.7. The highest BCUT2D eigenvalue weighted by atomic mass is 31.0. The van der Waals surface area contributed by atoms with Crippen molar-refractivity contribution in [2.45, 2.75) is 0 Å². The Morgan fingerprint density at radius 3 is 2.74 bits per heavy atom. The lowest BCUT2D eigenvalue weighted by Gasteiger charge is -2.05. The summed E-state index contributed by atoms with van der Waals surface area (Å²) in [4.78, 5) is 0. The van der Waals surface area contributed by atoms with Crippen molar-refractivity contribution in [2.24, 2.45) is 0 Å². The van der Waals surface area contributed by atoms with Crippen LogP contribution in [0, 0.1) is 0 Å². The van der Waals surface area contributed by atoms with Crippen LogP contribution in [-0.2, 0) is 0 Å². The third-order valence-corrected chi connectivity index (χ3v) is 3.94. The molecule has 0 aliphatic rings. The van der Waals surface area contributed by atoms with Crippen LogP contribution in [0.2, 0.25) is 0 Å². The molecule has 1 aromatic carbocycles. The van der Waals surface area contributed by atoms with Crippen LogP contribution in [0.3, 0.4) is 0 Å². The number of benzene rings is 1. The Kier molecular flexibility index (Phi) is 5.28. The molecule has 0 N–H and O–H groups in total. The van der Waals surface area contributed by atoms with E-state index >= 15 is 0 Å². The Balaban J connectivity index is 2.27. The van der Waals surface area contributed by atoms with E-state index in [9.17, 15) is 0 Å². The lowest BCUT2D eigenvalue weighted by molar-refractivity contribution is 1.62. The van der Waals surface area contributed by atoms with Gasteiger partial charge < -0.3 is 0 Å². The molecule has 0 amide bonds. The fourth-order valence-corrected chi connectivity index (χ4v) is 2.68. The smallest absolute Gasteiger partial charge is 0.00904 e. The van der Waals surface area contributed by atoms with Crippen LogP contribution in [0.25, 0.3) is 16.4 Å². The highest BCUT2D eigenvalue weighted by Gasteiger charge is 2.00. The van der Waals surface area contributed by atoms with Gasteiger partial charge in [0.2, 0.25) is 0 Å². The van der Waals surface area contributed by atoms with Crippen LogP contribution in [0.1, 0.15) is 5.56 Å². The summed E-state index contributed by atoms with van der Waals surface area (Å²) >= 11 is 0. The Morgan fingerprint density at radius 2 is 2.00 bits per heavy atom. The van der Waals surface area contributed by atoms with Gasteiger partial charge >= 0.3 is 0 Å². The van der Waals surface area contributed by atoms with Gasteiger partial charge in [0.1, 0.15) is 0 Å². The molecule has 94 valence electrons. The molecule has 1 heterocycles. The van der Waals surface area contributed by atoms with Crippen molar-refractivity contribution < 1.29 is 0 Å². The monoisotopic (exact) mass is 282 g/mol. The number of hydrogen-bond acceptors (Lipinski definition) is 0. The summed E-state index contributed by atoms with van der Waals surface area (Å²) in [6, 6.07) is 14.8. The average Bonchev–Trinajstić information content (AvgIpc) is 2.48. The van der Waals surface area contributed by atoms with E-state index in [1.165, 1.54) is 19.1 Å². The molecule has 0 saturated carbocycles. The maximum absolute atomic E-state index is 4.11. The van der Waals surface area contributed by atoms with Crippen molar-refractivity contribution >= 4 is 23.0 Å². The molecular weight excluding hydrogens is 266 g/mol. The Bertz CT molecular complexity index is 610. The van der Waals surface area contributed by atoms with E-state index in [4.69, 9.17) is 0 Å². The fourth-order valence-electron chi connectivity index (χ4n) is 1.74. The maximum atomic E-state index is 4.11. The van der Waals surface area contributed by atoms with Crippen LogP contribution in [0.5, 0.6) is 0 Å². The van der Waals surface area contributed by atoms with Gasteiger partial charge in [-0.2, -0.15) is 0 Å². The van der Waals surface area contributed by atoms with E-state index in [2.05, 4.69) is 64.1 Å². The molecule has 1 aromatic heterocycles. The number of allylic oxidation sites excluding steroid dienone is 4. The van der Waals surface area contributed by atoms with Gasteiger partial charge in [-0.25, -0.2) is 0 Å². The SMILES string of the molecule is C=C(/C=C\C=C/P)c1cccc(-c2ccccp2)c1. The minimum atomic E-state index is 1.03. The summed E-state index contributed by atoms with van der Waals surface area (Å²) in [6.07, 6.45) is 6.00. The zero-order chi connectivity index (χ0) is 13.5. The lowest BCUT2D eigenvalue weighted by atomic mass is 10.0. The van der Waals surface area contributed by atoms with E-state index in [-0.39, 0.29) is 0 Å². The second-order valence-corrected chi connectivity index (χ2v) is 5.49. The first-order chi connectivity index (χ1) is 9.31. The molecule has 0 spiro atoms. The first kappa shape index (κ1) is 13.9. The van der Waals surface area contributed by atoms with Crippen LogP contribution in [-0.4, -0.2) is 0 Å². The molecule has 0 aliphatic carbocycles. The Labute approximate surface area is 118 Å². The number of hydrogen-bond donors (Lipinski definition) is 0. The molecule has 0 aliphatic heterocycles. The number of rotatable bonds is 4. The summed E-state index contributed by atoms with van der Waals surface area (Å²) in [5.41, 5.74) is 3.45. The second kappa shape index (κ2) is 7.19. The van der Waals surface area contributed by atoms with Crippen molar-refractivity contribution in [1.82, 2.24) is 0 Å². The maximum Gasteiger partial charge on any atom is 0.00904 e. The molecule has 19 heavy (non-hydrogen) atoms. The molecule has 0 nitrogen and oxygen atoms in total. The van der Waals surface area contributed by atoms with E-state index in [1.54, 1.807) is 0 Å². The van der Waals surface area contributed by atoms with Crippen LogP contribution >= 0.6 is 17.4 Å². The Hall–Kier alpha value is -1.48. The van der Waals surface area contributed by atoms with E-state index in [0.717, 1.165) is 11.1 Å². The minimum Gasteiger partial charge on any atom is -0.114 e. The largest absolute Gasteiger partial charge is 0.114 e. The molecule has 0 fully saturated rings. The topological polar surface area (TPSA) is 0 Å². The third-order valence-electron chi connectivity index (χ3n) is 2.71. The van der Waals surface area contributed by atoms with Crippen molar-refractivity contribution in [1.29, 1.82) is 0 Å². The summed E-state index contributed by atoms with van der Waals surface area (Å²) < 4.78 is 0. The van der Waals surface area contributed by atoms with Gasteiger partial charge in [-0.15, -0.1) is 9.24 Å². The summed E-state index contributed by atoms with van der Waals surface area (Å²) in [6.45, 7) is 4.11. The molecule has 0 radical (unpaired) electrons. The second-order valence-electron chi connectivity index (χ2n) is 4.07. The summed E-state index contributed by atoms with van der Waals surface area (Å²) in [7, 11) is 3.80. The third kappa shape index (κ3) is 4.00. The van der Waals surface area contributed by atoms with E-state index in [0.29, 0.717) is 0 Å². The quantitative estimate of drug-likeness (QED) is 0.484. The Morgan fingerprint density at radius 1 is 1.11 bits per heavy atom. The van der Waals surface area contributed by atoms with Crippen LogP contribution in [0.15, 0.2) is 78.9 Å². The molecule has 2 rings (SSSR count). The van der Waals surface area contributed by atoms with Gasteiger partial charge in [0.25, 0.3) is 0 Å². The molecule has 0 bridgehead atoms.